The molecule has 0 atom stereocenters. The lowest BCUT2D eigenvalue weighted by molar-refractivity contribution is 1.26. The van der Waals surface area contributed by atoms with Gasteiger partial charge in [-0.15, -0.1) is 0 Å². The van der Waals surface area contributed by atoms with E-state index in [0.717, 1.165) is 12.8 Å². The minimum Gasteiger partial charge on any atom is -0.0807 e. The largest absolute Gasteiger partial charge is 0.0807 e. The van der Waals surface area contributed by atoms with Crippen LogP contribution in [0.5, 0.6) is 0 Å². The number of fused-ring (bicyclic) bond motifs is 3. The predicted molar refractivity (Wildman–Crippen MR) is 64.7 cm³/mol. The Balaban J connectivity index is 2.19. The van der Waals surface area contributed by atoms with Gasteiger partial charge in [0.1, 0.15) is 0 Å². The zero-order valence-electron chi connectivity index (χ0n) is 8.96. The molecule has 1 aromatic carbocycles. The molecule has 2 aliphatic rings. The normalized spacial score (nSPS) is 17.7. The third kappa shape index (κ3) is 1.37. The molecule has 0 N–H and O–H groups in total. The molecule has 15 heavy (non-hydrogen) atoms. The van der Waals surface area contributed by atoms with E-state index in [1.54, 1.807) is 0 Å². The second-order valence-corrected chi connectivity index (χ2v) is 4.31. The van der Waals surface area contributed by atoms with Crippen LogP contribution < -0.4 is 0 Å². The first-order valence-electron chi connectivity index (χ1n) is 5.51. The summed E-state index contributed by atoms with van der Waals surface area (Å²) in [5, 5.41) is 0. The Bertz CT molecular complexity index is 499. The molecule has 0 saturated carbocycles. The molecule has 3 rings (SSSR count). The van der Waals surface area contributed by atoms with E-state index < -0.39 is 0 Å². The first-order valence-corrected chi connectivity index (χ1v) is 5.51. The number of hydrogen-bond acceptors (Lipinski definition) is 0. The third-order valence-corrected chi connectivity index (χ3v) is 3.17. The molecule has 0 heteroatoms. The topological polar surface area (TPSA) is 0 Å². The molecule has 0 fully saturated rings. The van der Waals surface area contributed by atoms with E-state index in [4.69, 9.17) is 0 Å². The Kier molecular flexibility index (Phi) is 1.88. The first-order chi connectivity index (χ1) is 7.34. The van der Waals surface area contributed by atoms with Crippen molar-refractivity contribution in [3.63, 3.8) is 0 Å². The molecule has 0 spiro atoms. The number of rotatable bonds is 0. The molecule has 2 aliphatic carbocycles. The molecule has 0 amide bonds. The molecular formula is C15H14. The highest BCUT2D eigenvalue weighted by molar-refractivity contribution is 5.86. The average molecular weight is 194 g/mol. The fourth-order valence-electron chi connectivity index (χ4n) is 2.41. The molecule has 0 aromatic heterocycles. The highest BCUT2D eigenvalue weighted by atomic mass is 14.2. The summed E-state index contributed by atoms with van der Waals surface area (Å²) < 4.78 is 0. The van der Waals surface area contributed by atoms with E-state index in [1.165, 1.54) is 27.8 Å². The molecule has 0 bridgehead atoms. The van der Waals surface area contributed by atoms with Gasteiger partial charge in [-0.25, -0.2) is 0 Å². The summed E-state index contributed by atoms with van der Waals surface area (Å²) >= 11 is 0. The smallest absolute Gasteiger partial charge is 0.00136 e. The fraction of sp³-hybridized carbons (Fsp3) is 0.200. The minimum atomic E-state index is 1.06. The van der Waals surface area contributed by atoms with Crippen molar-refractivity contribution in [2.75, 3.05) is 0 Å². The quantitative estimate of drug-likeness (QED) is 0.589. The second kappa shape index (κ2) is 3.23. The van der Waals surface area contributed by atoms with Gasteiger partial charge in [0.05, 0.1) is 0 Å². The van der Waals surface area contributed by atoms with E-state index in [9.17, 15) is 0 Å². The van der Waals surface area contributed by atoms with Gasteiger partial charge in [-0.2, -0.15) is 0 Å². The molecule has 0 heterocycles. The van der Waals surface area contributed by atoms with Crippen LogP contribution >= 0.6 is 0 Å². The maximum atomic E-state index is 2.35. The van der Waals surface area contributed by atoms with Gasteiger partial charge in [0.25, 0.3) is 0 Å². The van der Waals surface area contributed by atoms with Crippen LogP contribution in [0, 0.1) is 6.92 Å². The molecule has 0 unspecified atom stereocenters. The van der Waals surface area contributed by atoms with Gasteiger partial charge in [0, 0.05) is 0 Å². The summed E-state index contributed by atoms with van der Waals surface area (Å²) in [7, 11) is 0. The third-order valence-electron chi connectivity index (χ3n) is 3.17. The summed E-state index contributed by atoms with van der Waals surface area (Å²) in [5.41, 5.74) is 7.22. The molecule has 0 radical (unpaired) electrons. The lowest BCUT2D eigenvalue weighted by Crippen LogP contribution is -1.82. The molecule has 1 aromatic rings. The predicted octanol–water partition coefficient (Wildman–Crippen LogP) is 3.82. The monoisotopic (exact) mass is 194 g/mol. The number of aryl methyl sites for hydroxylation is 1. The highest BCUT2D eigenvalue weighted by Gasteiger charge is 2.20. The summed E-state index contributed by atoms with van der Waals surface area (Å²) in [5.74, 6) is 0. The summed E-state index contributed by atoms with van der Waals surface area (Å²) in [6.45, 7) is 2.16. The Morgan fingerprint density at radius 1 is 1.20 bits per heavy atom. The van der Waals surface area contributed by atoms with Crippen molar-refractivity contribution < 1.29 is 0 Å². The zero-order chi connectivity index (χ0) is 10.3. The molecule has 0 nitrogen and oxygen atoms in total. The van der Waals surface area contributed by atoms with Gasteiger partial charge < -0.3 is 0 Å². The van der Waals surface area contributed by atoms with Gasteiger partial charge in [-0.3, -0.25) is 0 Å². The Labute approximate surface area is 90.6 Å². The van der Waals surface area contributed by atoms with E-state index in [1.807, 2.05) is 0 Å². The maximum absolute atomic E-state index is 2.35. The van der Waals surface area contributed by atoms with Gasteiger partial charge in [-0.1, -0.05) is 48.1 Å². The number of allylic oxidation sites excluding steroid dienone is 6. The van der Waals surface area contributed by atoms with Crippen molar-refractivity contribution in [1.29, 1.82) is 0 Å². The van der Waals surface area contributed by atoms with Crippen molar-refractivity contribution >= 4 is 5.57 Å². The van der Waals surface area contributed by atoms with Crippen molar-refractivity contribution in [3.05, 3.63) is 64.8 Å². The zero-order valence-corrected chi connectivity index (χ0v) is 8.96. The highest BCUT2D eigenvalue weighted by Crippen LogP contribution is 2.38. The van der Waals surface area contributed by atoms with Crippen LogP contribution in [0.1, 0.15) is 23.1 Å². The lowest BCUT2D eigenvalue weighted by atomic mass is 10.0. The van der Waals surface area contributed by atoms with Crippen molar-refractivity contribution in [3.8, 4) is 0 Å². The lowest BCUT2D eigenvalue weighted by Gasteiger charge is -2.02. The maximum Gasteiger partial charge on any atom is -0.00136 e. The van der Waals surface area contributed by atoms with E-state index in [-0.39, 0.29) is 0 Å². The average Bonchev–Trinajstić information content (AvgIpc) is 2.44. The molecule has 0 saturated heterocycles. The number of benzene rings is 1. The van der Waals surface area contributed by atoms with Crippen LogP contribution in [0.15, 0.2) is 48.1 Å². The van der Waals surface area contributed by atoms with Crippen molar-refractivity contribution in [2.45, 2.75) is 19.8 Å². The van der Waals surface area contributed by atoms with Crippen LogP contribution in [0.4, 0.5) is 0 Å². The van der Waals surface area contributed by atoms with E-state index in [0.29, 0.717) is 0 Å². The van der Waals surface area contributed by atoms with Crippen molar-refractivity contribution in [1.82, 2.24) is 0 Å². The molecule has 0 aliphatic heterocycles. The van der Waals surface area contributed by atoms with Crippen LogP contribution in [0.3, 0.4) is 0 Å². The second-order valence-electron chi connectivity index (χ2n) is 4.31. The van der Waals surface area contributed by atoms with Crippen LogP contribution in [0.25, 0.3) is 5.57 Å². The van der Waals surface area contributed by atoms with Crippen LogP contribution in [0.2, 0.25) is 0 Å². The fourth-order valence-corrected chi connectivity index (χ4v) is 2.41. The van der Waals surface area contributed by atoms with Gasteiger partial charge in [-0.05, 0) is 42.0 Å². The summed E-state index contributed by atoms with van der Waals surface area (Å²) in [6.07, 6.45) is 11.2. The van der Waals surface area contributed by atoms with Gasteiger partial charge in [0.15, 0.2) is 0 Å². The molecule has 74 valence electrons. The SMILES string of the molecule is Cc1ccc2c(c1)C1=CCC=CC=C1C2. The summed E-state index contributed by atoms with van der Waals surface area (Å²) in [6, 6.07) is 6.79. The Morgan fingerprint density at radius 3 is 3.07 bits per heavy atom. The van der Waals surface area contributed by atoms with Crippen LogP contribution in [-0.2, 0) is 6.42 Å². The van der Waals surface area contributed by atoms with Crippen molar-refractivity contribution in [2.24, 2.45) is 0 Å². The van der Waals surface area contributed by atoms with Gasteiger partial charge >= 0.3 is 0 Å². The standard InChI is InChI=1S/C15H14/c1-11-7-8-13-10-12-5-3-2-4-6-14(12)15(13)9-11/h2-3,5-9H,4,10H2,1H3. The van der Waals surface area contributed by atoms with E-state index in [2.05, 4.69) is 49.4 Å². The minimum absolute atomic E-state index is 1.06. The number of hydrogen-bond donors (Lipinski definition) is 0. The Morgan fingerprint density at radius 2 is 2.13 bits per heavy atom. The first kappa shape index (κ1) is 8.72. The van der Waals surface area contributed by atoms with Gasteiger partial charge in [0.2, 0.25) is 0 Å². The van der Waals surface area contributed by atoms with E-state index >= 15 is 0 Å². The van der Waals surface area contributed by atoms with Crippen LogP contribution in [-0.4, -0.2) is 0 Å². The Hall–Kier alpha value is -1.56. The summed E-state index contributed by atoms with van der Waals surface area (Å²) in [4.78, 5) is 0. The molecular weight excluding hydrogens is 180 g/mol.